The van der Waals surface area contributed by atoms with Gasteiger partial charge in [-0.3, -0.25) is 4.84 Å². The third-order valence-electron chi connectivity index (χ3n) is 2.24. The molecule has 0 aliphatic heterocycles. The van der Waals surface area contributed by atoms with Crippen LogP contribution in [0.2, 0.25) is 0 Å². The fourth-order valence-electron chi connectivity index (χ4n) is 1.46. The normalized spacial score (nSPS) is 11.0. The van der Waals surface area contributed by atoms with E-state index in [2.05, 4.69) is 9.57 Å². The van der Waals surface area contributed by atoms with Crippen molar-refractivity contribution >= 4 is 17.5 Å². The summed E-state index contributed by atoms with van der Waals surface area (Å²) in [7, 11) is 0. The van der Waals surface area contributed by atoms with E-state index in [4.69, 9.17) is 16.5 Å². The molecule has 0 unspecified atom stereocenters. The van der Waals surface area contributed by atoms with Crippen LogP contribution in [0.4, 0.5) is 18.9 Å². The van der Waals surface area contributed by atoms with E-state index in [0.29, 0.717) is 11.4 Å². The minimum absolute atomic E-state index is 0.235. The number of ether oxygens (including phenoxy) is 2. The lowest BCUT2D eigenvalue weighted by Gasteiger charge is -2.11. The highest BCUT2D eigenvalue weighted by molar-refractivity contribution is 6.23. The van der Waals surface area contributed by atoms with Gasteiger partial charge >= 0.3 is 6.36 Å². The van der Waals surface area contributed by atoms with Gasteiger partial charge in [0.25, 0.3) is 0 Å². The molecule has 2 rings (SSSR count). The Kier molecular flexibility index (Phi) is 4.24. The molecule has 0 bridgehead atoms. The van der Waals surface area contributed by atoms with E-state index >= 15 is 0 Å². The van der Waals surface area contributed by atoms with Gasteiger partial charge in [-0.1, -0.05) is 6.07 Å². The fraction of sp³-hybridized carbons (Fsp3) is 0.0769. The topological polar surface area (TPSA) is 30.5 Å². The molecule has 0 saturated heterocycles. The molecule has 0 radical (unpaired) electrons. The molecule has 0 spiro atoms. The molecule has 0 heterocycles. The highest BCUT2D eigenvalue weighted by atomic mass is 35.5. The first-order valence-electron chi connectivity index (χ1n) is 5.47. The molecular formula is C13H9ClF3NO2. The van der Waals surface area contributed by atoms with Crippen molar-refractivity contribution < 1.29 is 22.6 Å². The maximum atomic E-state index is 12.1. The molecule has 1 N–H and O–H groups in total. The standard InChI is InChI=1S/C13H9ClF3NO2/c14-18-9-4-6-10(7-5-9)19-11-2-1-3-12(8-11)20-13(15,16)17/h1-8,18H. The molecule has 0 fully saturated rings. The average molecular weight is 304 g/mol. The van der Waals surface area contributed by atoms with Crippen LogP contribution < -0.4 is 14.3 Å². The highest BCUT2D eigenvalue weighted by Crippen LogP contribution is 2.29. The summed E-state index contributed by atoms with van der Waals surface area (Å²) in [5, 5.41) is 0. The minimum atomic E-state index is -4.73. The zero-order valence-corrected chi connectivity index (χ0v) is 10.7. The Morgan fingerprint density at radius 1 is 0.900 bits per heavy atom. The van der Waals surface area contributed by atoms with Gasteiger partial charge in [0, 0.05) is 23.5 Å². The Balaban J connectivity index is 2.10. The largest absolute Gasteiger partial charge is 0.573 e. The first kappa shape index (κ1) is 14.3. The van der Waals surface area contributed by atoms with Gasteiger partial charge in [-0.25, -0.2) is 0 Å². The van der Waals surface area contributed by atoms with Crippen molar-refractivity contribution in [2.24, 2.45) is 0 Å². The van der Waals surface area contributed by atoms with Gasteiger partial charge < -0.3 is 9.47 Å². The molecule has 20 heavy (non-hydrogen) atoms. The first-order valence-corrected chi connectivity index (χ1v) is 5.84. The fourth-order valence-corrected chi connectivity index (χ4v) is 1.58. The maximum absolute atomic E-state index is 12.1. The summed E-state index contributed by atoms with van der Waals surface area (Å²) in [4.78, 5) is 2.42. The summed E-state index contributed by atoms with van der Waals surface area (Å²) < 4.78 is 45.5. The second-order valence-corrected chi connectivity index (χ2v) is 3.93. The molecule has 0 amide bonds. The van der Waals surface area contributed by atoms with Crippen molar-refractivity contribution in [2.45, 2.75) is 6.36 Å². The molecule has 3 nitrogen and oxygen atoms in total. The van der Waals surface area contributed by atoms with Gasteiger partial charge in [0.1, 0.15) is 17.2 Å². The van der Waals surface area contributed by atoms with Crippen LogP contribution >= 0.6 is 11.8 Å². The highest BCUT2D eigenvalue weighted by Gasteiger charge is 2.31. The molecular weight excluding hydrogens is 295 g/mol. The second kappa shape index (κ2) is 5.92. The summed E-state index contributed by atoms with van der Waals surface area (Å²) in [6, 6.07) is 11.9. The van der Waals surface area contributed by atoms with Crippen LogP contribution in [0.1, 0.15) is 0 Å². The van der Waals surface area contributed by atoms with Crippen LogP contribution in [0, 0.1) is 0 Å². The molecule has 0 saturated carbocycles. The van der Waals surface area contributed by atoms with Crippen molar-refractivity contribution in [3.63, 3.8) is 0 Å². The molecule has 2 aromatic carbocycles. The summed E-state index contributed by atoms with van der Waals surface area (Å²) >= 11 is 5.41. The molecule has 2 aromatic rings. The van der Waals surface area contributed by atoms with Crippen molar-refractivity contribution in [3.8, 4) is 17.2 Å². The van der Waals surface area contributed by atoms with Gasteiger partial charge in [0.15, 0.2) is 0 Å². The third-order valence-corrected chi connectivity index (χ3v) is 2.46. The Morgan fingerprint density at radius 3 is 2.15 bits per heavy atom. The Hall–Kier alpha value is -2.08. The first-order chi connectivity index (χ1) is 9.46. The third kappa shape index (κ3) is 4.24. The number of nitrogens with one attached hydrogen (secondary N) is 1. The summed E-state index contributed by atoms with van der Waals surface area (Å²) in [6.45, 7) is 0. The van der Waals surface area contributed by atoms with Gasteiger partial charge in [-0.05, 0) is 36.4 Å². The van der Waals surface area contributed by atoms with E-state index in [-0.39, 0.29) is 11.5 Å². The Morgan fingerprint density at radius 2 is 1.55 bits per heavy atom. The molecule has 0 atom stereocenters. The summed E-state index contributed by atoms with van der Waals surface area (Å²) in [6.07, 6.45) is -4.73. The quantitative estimate of drug-likeness (QED) is 0.811. The van der Waals surface area contributed by atoms with Crippen LogP contribution in [0.25, 0.3) is 0 Å². The number of halogens is 4. The molecule has 0 aliphatic rings. The number of anilines is 1. The minimum Gasteiger partial charge on any atom is -0.457 e. The number of benzene rings is 2. The lowest BCUT2D eigenvalue weighted by Crippen LogP contribution is -2.16. The van der Waals surface area contributed by atoms with E-state index in [0.717, 1.165) is 6.07 Å². The molecule has 0 aliphatic carbocycles. The predicted octanol–water partition coefficient (Wildman–Crippen LogP) is 4.94. The lowest BCUT2D eigenvalue weighted by molar-refractivity contribution is -0.274. The zero-order chi connectivity index (χ0) is 14.6. The maximum Gasteiger partial charge on any atom is 0.573 e. The van der Waals surface area contributed by atoms with E-state index in [1.54, 1.807) is 24.3 Å². The number of alkyl halides is 3. The van der Waals surface area contributed by atoms with Crippen molar-refractivity contribution in [1.29, 1.82) is 0 Å². The van der Waals surface area contributed by atoms with Gasteiger partial charge in [0.05, 0.1) is 0 Å². The van der Waals surface area contributed by atoms with Crippen molar-refractivity contribution in [3.05, 3.63) is 48.5 Å². The van der Waals surface area contributed by atoms with Crippen LogP contribution in [-0.2, 0) is 0 Å². The summed E-state index contributed by atoms with van der Waals surface area (Å²) in [5.74, 6) is 0.359. The molecule has 7 heteroatoms. The van der Waals surface area contributed by atoms with Crippen LogP contribution in [0.5, 0.6) is 17.2 Å². The zero-order valence-electron chi connectivity index (χ0n) is 9.95. The molecule has 106 valence electrons. The van der Waals surface area contributed by atoms with E-state index < -0.39 is 6.36 Å². The van der Waals surface area contributed by atoms with Gasteiger partial charge in [0.2, 0.25) is 0 Å². The Bertz CT molecular complexity index is 573. The van der Waals surface area contributed by atoms with E-state index in [9.17, 15) is 13.2 Å². The van der Waals surface area contributed by atoms with Crippen LogP contribution in [0.15, 0.2) is 48.5 Å². The lowest BCUT2D eigenvalue weighted by atomic mass is 10.3. The van der Waals surface area contributed by atoms with Crippen molar-refractivity contribution in [2.75, 3.05) is 4.84 Å². The SMILES string of the molecule is FC(F)(F)Oc1cccc(Oc2ccc(NCl)cc2)c1. The van der Waals surface area contributed by atoms with E-state index in [1.807, 2.05) is 0 Å². The average Bonchev–Trinajstić information content (AvgIpc) is 2.38. The van der Waals surface area contributed by atoms with Gasteiger partial charge in [-0.15, -0.1) is 13.2 Å². The van der Waals surface area contributed by atoms with Crippen LogP contribution in [-0.4, -0.2) is 6.36 Å². The smallest absolute Gasteiger partial charge is 0.457 e. The number of hydrogen-bond donors (Lipinski definition) is 1. The monoisotopic (exact) mass is 303 g/mol. The Labute approximate surface area is 118 Å². The van der Waals surface area contributed by atoms with Gasteiger partial charge in [-0.2, -0.15) is 0 Å². The number of hydrogen-bond acceptors (Lipinski definition) is 3. The van der Waals surface area contributed by atoms with Crippen LogP contribution in [0.3, 0.4) is 0 Å². The number of rotatable bonds is 4. The van der Waals surface area contributed by atoms with Crippen molar-refractivity contribution in [1.82, 2.24) is 0 Å². The van der Waals surface area contributed by atoms with E-state index in [1.165, 1.54) is 18.2 Å². The molecule has 0 aromatic heterocycles. The second-order valence-electron chi connectivity index (χ2n) is 3.74. The summed E-state index contributed by atoms with van der Waals surface area (Å²) in [5.41, 5.74) is 0.674. The predicted molar refractivity (Wildman–Crippen MR) is 69.1 cm³/mol.